The minimum absolute atomic E-state index is 0.227. The summed E-state index contributed by atoms with van der Waals surface area (Å²) in [5.41, 5.74) is 0.819. The molecule has 0 radical (unpaired) electrons. The molecule has 24 heavy (non-hydrogen) atoms. The van der Waals surface area contributed by atoms with Crippen molar-refractivity contribution in [3.8, 4) is 6.07 Å². The van der Waals surface area contributed by atoms with Gasteiger partial charge in [-0.1, -0.05) is 49.6 Å². The van der Waals surface area contributed by atoms with Crippen LogP contribution in [0.4, 0.5) is 0 Å². The maximum atomic E-state index is 12.9. The van der Waals surface area contributed by atoms with E-state index in [-0.39, 0.29) is 11.3 Å². The third kappa shape index (κ3) is 3.67. The number of nitriles is 1. The molecular formula is C20H24N2OS. The monoisotopic (exact) mass is 340 g/mol. The molecule has 1 aromatic carbocycles. The summed E-state index contributed by atoms with van der Waals surface area (Å²) in [6.45, 7) is 0. The molecule has 3 rings (SSSR count). The molecule has 1 aromatic rings. The van der Waals surface area contributed by atoms with Crippen molar-refractivity contribution < 1.29 is 4.79 Å². The number of benzene rings is 1. The number of amides is 1. The van der Waals surface area contributed by atoms with Gasteiger partial charge in [-0.2, -0.15) is 5.26 Å². The van der Waals surface area contributed by atoms with Crippen molar-refractivity contribution in [2.75, 3.05) is 0 Å². The van der Waals surface area contributed by atoms with Gasteiger partial charge in [-0.15, -0.1) is 0 Å². The summed E-state index contributed by atoms with van der Waals surface area (Å²) in [7, 11) is 0. The number of hydrogen-bond acceptors (Lipinski definition) is 3. The average Bonchev–Trinajstić information content (AvgIpc) is 2.56. The second-order valence-electron chi connectivity index (χ2n) is 6.82. The molecule has 0 spiro atoms. The van der Waals surface area contributed by atoms with Gasteiger partial charge in [-0.25, -0.2) is 0 Å². The highest BCUT2D eigenvalue weighted by Gasteiger charge is 2.46. The van der Waals surface area contributed by atoms with E-state index in [2.05, 4.69) is 29.6 Å². The lowest BCUT2D eigenvalue weighted by Crippen LogP contribution is -2.52. The highest BCUT2D eigenvalue weighted by molar-refractivity contribution is 8.02. The van der Waals surface area contributed by atoms with E-state index < -0.39 is 0 Å². The number of hydrogen-bond donors (Lipinski definition) is 1. The first-order valence-electron chi connectivity index (χ1n) is 8.87. The van der Waals surface area contributed by atoms with Gasteiger partial charge >= 0.3 is 0 Å². The minimum Gasteiger partial charge on any atom is -0.353 e. The van der Waals surface area contributed by atoms with E-state index in [0.29, 0.717) is 6.04 Å². The summed E-state index contributed by atoms with van der Waals surface area (Å²) in [6.07, 6.45) is 10.5. The Morgan fingerprint density at radius 1 is 1.17 bits per heavy atom. The molecule has 3 nitrogen and oxygen atoms in total. The van der Waals surface area contributed by atoms with Gasteiger partial charge in [0.1, 0.15) is 0 Å². The van der Waals surface area contributed by atoms with E-state index in [1.807, 2.05) is 6.07 Å². The summed E-state index contributed by atoms with van der Waals surface area (Å²) in [4.78, 5) is 14.0. The third-order valence-corrected chi connectivity index (χ3v) is 6.15. The van der Waals surface area contributed by atoms with Crippen LogP contribution in [0.5, 0.6) is 0 Å². The van der Waals surface area contributed by atoms with Crippen LogP contribution in [0.1, 0.15) is 56.9 Å². The van der Waals surface area contributed by atoms with Crippen LogP contribution >= 0.6 is 11.8 Å². The van der Waals surface area contributed by atoms with Crippen molar-refractivity contribution in [3.05, 3.63) is 41.3 Å². The zero-order chi connectivity index (χ0) is 16.8. The van der Waals surface area contributed by atoms with Crippen LogP contribution in [0.15, 0.2) is 40.6 Å². The fourth-order valence-electron chi connectivity index (χ4n) is 3.74. The summed E-state index contributed by atoms with van der Waals surface area (Å²) in [5, 5.41) is 13.6. The van der Waals surface area contributed by atoms with Gasteiger partial charge in [0.05, 0.1) is 11.5 Å². The Morgan fingerprint density at radius 3 is 2.46 bits per heavy atom. The van der Waals surface area contributed by atoms with Gasteiger partial charge in [0.2, 0.25) is 5.91 Å². The van der Waals surface area contributed by atoms with Gasteiger partial charge in [0.15, 0.2) is 0 Å². The van der Waals surface area contributed by atoms with E-state index >= 15 is 0 Å². The van der Waals surface area contributed by atoms with Crippen molar-refractivity contribution in [1.29, 1.82) is 5.26 Å². The van der Waals surface area contributed by atoms with Crippen LogP contribution in [0.2, 0.25) is 0 Å². The fraction of sp³-hybridized carbons (Fsp3) is 0.500. The molecule has 0 aromatic heterocycles. The van der Waals surface area contributed by atoms with Gasteiger partial charge in [0, 0.05) is 17.0 Å². The number of nitrogens with one attached hydrogen (secondary N) is 1. The summed E-state index contributed by atoms with van der Waals surface area (Å²) >= 11 is 1.52. The zero-order valence-corrected chi connectivity index (χ0v) is 14.8. The molecule has 0 heterocycles. The number of thioether (sulfide) groups is 1. The molecule has 0 aliphatic heterocycles. The lowest BCUT2D eigenvalue weighted by molar-refractivity contribution is -0.130. The summed E-state index contributed by atoms with van der Waals surface area (Å²) < 4.78 is 0. The highest BCUT2D eigenvalue weighted by atomic mass is 32.2. The number of carbonyl (C=O) groups excluding carboxylic acids is 1. The Hall–Kier alpha value is -1.73. The van der Waals surface area contributed by atoms with Crippen molar-refractivity contribution in [1.82, 2.24) is 5.32 Å². The quantitative estimate of drug-likeness (QED) is 0.625. The fourth-order valence-corrected chi connectivity index (χ4v) is 4.32. The molecule has 2 aliphatic rings. The predicted molar refractivity (Wildman–Crippen MR) is 97.6 cm³/mol. The predicted octanol–water partition coefficient (Wildman–Crippen LogP) is 4.69. The molecule has 0 bridgehead atoms. The van der Waals surface area contributed by atoms with Crippen LogP contribution in [0.3, 0.4) is 0 Å². The number of nitrogens with zero attached hydrogens (tertiary/aromatic N) is 1. The van der Waals surface area contributed by atoms with Crippen LogP contribution in [-0.2, 0) is 10.2 Å². The summed E-state index contributed by atoms with van der Waals surface area (Å²) in [6, 6.07) is 10.6. The van der Waals surface area contributed by atoms with Crippen molar-refractivity contribution >= 4 is 17.7 Å². The second kappa shape index (κ2) is 7.90. The normalized spacial score (nSPS) is 20.3. The maximum Gasteiger partial charge on any atom is 0.230 e. The first-order chi connectivity index (χ1) is 11.7. The van der Waals surface area contributed by atoms with Gasteiger partial charge in [-0.3, -0.25) is 4.79 Å². The first kappa shape index (κ1) is 17.1. The SMILES string of the molecule is N#CC=CSc1ccc(C2(C(=O)NC3CCCCC3)CCC2)cc1. The number of allylic oxidation sites excluding steroid dienone is 1. The molecule has 0 saturated heterocycles. The average molecular weight is 340 g/mol. The Morgan fingerprint density at radius 2 is 1.88 bits per heavy atom. The number of rotatable bonds is 5. The van der Waals surface area contributed by atoms with Crippen LogP contribution in [-0.4, -0.2) is 11.9 Å². The third-order valence-electron chi connectivity index (χ3n) is 5.34. The van der Waals surface area contributed by atoms with E-state index in [9.17, 15) is 4.79 Å². The van der Waals surface area contributed by atoms with E-state index in [1.165, 1.54) is 37.1 Å². The summed E-state index contributed by atoms with van der Waals surface area (Å²) in [5.74, 6) is 0.227. The Labute approximate surface area is 148 Å². The van der Waals surface area contributed by atoms with Crippen molar-refractivity contribution in [3.63, 3.8) is 0 Å². The Balaban J connectivity index is 1.69. The molecule has 2 aliphatic carbocycles. The molecule has 0 atom stereocenters. The first-order valence-corrected chi connectivity index (χ1v) is 9.75. The van der Waals surface area contributed by atoms with Gasteiger partial charge < -0.3 is 5.32 Å². The van der Waals surface area contributed by atoms with Crippen molar-refractivity contribution in [2.45, 2.75) is 67.7 Å². The molecule has 2 saturated carbocycles. The van der Waals surface area contributed by atoms with E-state index in [1.54, 1.807) is 5.41 Å². The molecular weight excluding hydrogens is 316 g/mol. The van der Waals surface area contributed by atoms with Crippen LogP contribution in [0, 0.1) is 11.3 Å². The lowest BCUT2D eigenvalue weighted by Gasteiger charge is -2.42. The molecule has 4 heteroatoms. The van der Waals surface area contributed by atoms with E-state index in [4.69, 9.17) is 5.26 Å². The molecule has 126 valence electrons. The number of carbonyl (C=O) groups is 1. The maximum absolute atomic E-state index is 12.9. The van der Waals surface area contributed by atoms with Crippen molar-refractivity contribution in [2.24, 2.45) is 0 Å². The lowest BCUT2D eigenvalue weighted by atomic mass is 9.63. The van der Waals surface area contributed by atoms with Gasteiger partial charge in [-0.05, 0) is 48.8 Å². The largest absolute Gasteiger partial charge is 0.353 e. The second-order valence-corrected chi connectivity index (χ2v) is 7.80. The highest BCUT2D eigenvalue weighted by Crippen LogP contribution is 2.44. The topological polar surface area (TPSA) is 52.9 Å². The molecule has 0 unspecified atom stereocenters. The van der Waals surface area contributed by atoms with Gasteiger partial charge in [0.25, 0.3) is 0 Å². The molecule has 1 N–H and O–H groups in total. The van der Waals surface area contributed by atoms with Crippen LogP contribution in [0.25, 0.3) is 0 Å². The molecule has 2 fully saturated rings. The minimum atomic E-state index is -0.316. The molecule has 1 amide bonds. The van der Waals surface area contributed by atoms with Crippen LogP contribution < -0.4 is 5.32 Å². The Kier molecular flexibility index (Phi) is 5.63. The Bertz CT molecular complexity index is 635. The smallest absolute Gasteiger partial charge is 0.230 e. The standard InChI is InChI=1S/C20H24N2OS/c21-14-5-15-24-18-10-8-16(9-11-18)20(12-4-13-20)19(23)22-17-6-2-1-3-7-17/h5,8-11,15,17H,1-4,6-7,12-13H2,(H,22,23). The van der Waals surface area contributed by atoms with E-state index in [0.717, 1.165) is 42.6 Å². The zero-order valence-electron chi connectivity index (χ0n) is 14.0.